The van der Waals surface area contributed by atoms with Crippen molar-refractivity contribution < 1.29 is 18.7 Å². The number of hydrogen-bond acceptors (Lipinski definition) is 3. The van der Waals surface area contributed by atoms with Gasteiger partial charge in [-0.2, -0.15) is 0 Å². The lowest BCUT2D eigenvalue weighted by molar-refractivity contribution is -0.147. The largest absolute Gasteiger partial charge is 0.479 e. The quantitative estimate of drug-likeness (QED) is 0.779. The van der Waals surface area contributed by atoms with E-state index in [0.717, 1.165) is 5.56 Å². The minimum atomic E-state index is -0.548. The van der Waals surface area contributed by atoms with Crippen molar-refractivity contribution in [2.24, 2.45) is 0 Å². The van der Waals surface area contributed by atoms with Gasteiger partial charge in [0.1, 0.15) is 6.61 Å². The molecule has 0 saturated carbocycles. The fourth-order valence-corrected chi connectivity index (χ4v) is 1.86. The van der Waals surface area contributed by atoms with E-state index in [-0.39, 0.29) is 23.4 Å². The minimum Gasteiger partial charge on any atom is -0.479 e. The number of halogens is 2. The average molecular weight is 339 g/mol. The van der Waals surface area contributed by atoms with Crippen LogP contribution in [0.25, 0.3) is 0 Å². The molecule has 0 spiro atoms. The summed E-state index contributed by atoms with van der Waals surface area (Å²) in [5, 5.41) is 0. The SMILES string of the molecule is O=C(COc1cccc(Br)c1F)OCc1ccccc1. The molecule has 0 radical (unpaired) electrons. The maximum absolute atomic E-state index is 13.6. The molecule has 2 aromatic carbocycles. The number of esters is 1. The maximum Gasteiger partial charge on any atom is 0.344 e. The van der Waals surface area contributed by atoms with Crippen LogP contribution >= 0.6 is 15.9 Å². The second-order valence-corrected chi connectivity index (χ2v) is 4.84. The Kier molecular flexibility index (Phi) is 5.12. The minimum absolute atomic E-state index is 0.0102. The summed E-state index contributed by atoms with van der Waals surface area (Å²) in [6, 6.07) is 13.9. The van der Waals surface area contributed by atoms with Crippen molar-refractivity contribution >= 4 is 21.9 Å². The van der Waals surface area contributed by atoms with Crippen LogP contribution in [-0.2, 0) is 16.1 Å². The van der Waals surface area contributed by atoms with Crippen molar-refractivity contribution in [2.75, 3.05) is 6.61 Å². The summed E-state index contributed by atoms with van der Waals surface area (Å²) >= 11 is 3.04. The zero-order valence-electron chi connectivity index (χ0n) is 10.5. The highest BCUT2D eigenvalue weighted by atomic mass is 79.9. The first-order valence-electron chi connectivity index (χ1n) is 5.93. The monoisotopic (exact) mass is 338 g/mol. The predicted molar refractivity (Wildman–Crippen MR) is 75.8 cm³/mol. The van der Waals surface area contributed by atoms with Gasteiger partial charge >= 0.3 is 5.97 Å². The third kappa shape index (κ3) is 4.06. The molecule has 3 nitrogen and oxygen atoms in total. The van der Waals surface area contributed by atoms with Crippen molar-refractivity contribution in [3.63, 3.8) is 0 Å². The van der Waals surface area contributed by atoms with Gasteiger partial charge in [0.2, 0.25) is 0 Å². The van der Waals surface area contributed by atoms with Crippen molar-refractivity contribution in [1.82, 2.24) is 0 Å². The van der Waals surface area contributed by atoms with Gasteiger partial charge in [0.05, 0.1) is 4.47 Å². The van der Waals surface area contributed by atoms with Crippen molar-refractivity contribution in [1.29, 1.82) is 0 Å². The van der Waals surface area contributed by atoms with Crippen LogP contribution in [0.4, 0.5) is 4.39 Å². The van der Waals surface area contributed by atoms with E-state index in [1.807, 2.05) is 30.3 Å². The standard InChI is InChI=1S/C15H12BrFO3/c16-12-7-4-8-13(15(12)17)19-10-14(18)20-9-11-5-2-1-3-6-11/h1-8H,9-10H2. The molecule has 0 aliphatic rings. The lowest BCUT2D eigenvalue weighted by Gasteiger charge is -2.08. The Bertz CT molecular complexity index is 587. The van der Waals surface area contributed by atoms with Crippen LogP contribution < -0.4 is 4.74 Å². The van der Waals surface area contributed by atoms with Crippen molar-refractivity contribution in [2.45, 2.75) is 6.61 Å². The maximum atomic E-state index is 13.6. The highest BCUT2D eigenvalue weighted by Crippen LogP contribution is 2.24. The molecule has 0 amide bonds. The first kappa shape index (κ1) is 14.5. The first-order valence-corrected chi connectivity index (χ1v) is 6.72. The smallest absolute Gasteiger partial charge is 0.344 e. The third-order valence-corrected chi connectivity index (χ3v) is 3.12. The number of carbonyl (C=O) groups is 1. The Morgan fingerprint density at radius 2 is 1.85 bits per heavy atom. The Morgan fingerprint density at radius 1 is 1.10 bits per heavy atom. The van der Waals surface area contributed by atoms with Gasteiger partial charge in [-0.15, -0.1) is 0 Å². The lowest BCUT2D eigenvalue weighted by atomic mass is 10.2. The van der Waals surface area contributed by atoms with Gasteiger partial charge in [-0.05, 0) is 33.6 Å². The molecule has 0 heterocycles. The van der Waals surface area contributed by atoms with Gasteiger partial charge in [-0.3, -0.25) is 0 Å². The van der Waals surface area contributed by atoms with E-state index in [1.54, 1.807) is 12.1 Å². The summed E-state index contributed by atoms with van der Waals surface area (Å²) in [6.07, 6.45) is 0. The van der Waals surface area contributed by atoms with Gasteiger partial charge in [0.25, 0.3) is 0 Å². The van der Waals surface area contributed by atoms with Crippen LogP contribution in [-0.4, -0.2) is 12.6 Å². The topological polar surface area (TPSA) is 35.5 Å². The molecule has 0 aliphatic heterocycles. The van der Waals surface area contributed by atoms with Crippen molar-refractivity contribution in [3.05, 3.63) is 64.4 Å². The molecule has 0 N–H and O–H groups in total. The molecule has 0 unspecified atom stereocenters. The molecule has 0 atom stereocenters. The van der Waals surface area contributed by atoms with E-state index in [4.69, 9.17) is 9.47 Å². The Morgan fingerprint density at radius 3 is 2.60 bits per heavy atom. The van der Waals surface area contributed by atoms with Gasteiger partial charge in [0.15, 0.2) is 18.2 Å². The molecule has 20 heavy (non-hydrogen) atoms. The van der Waals surface area contributed by atoms with Crippen LogP contribution in [0.15, 0.2) is 53.0 Å². The zero-order valence-corrected chi connectivity index (χ0v) is 12.1. The molecule has 0 saturated heterocycles. The molecule has 104 valence electrons. The van der Waals surface area contributed by atoms with E-state index >= 15 is 0 Å². The molecule has 0 aromatic heterocycles. The Labute approximate surface area is 124 Å². The number of hydrogen-bond donors (Lipinski definition) is 0. The summed E-state index contributed by atoms with van der Waals surface area (Å²) < 4.78 is 24.0. The Balaban J connectivity index is 1.82. The number of carbonyl (C=O) groups excluding carboxylic acids is 1. The number of benzene rings is 2. The van der Waals surface area contributed by atoms with E-state index in [9.17, 15) is 9.18 Å². The number of rotatable bonds is 5. The second-order valence-electron chi connectivity index (χ2n) is 3.99. The Hall–Kier alpha value is -1.88. The third-order valence-electron chi connectivity index (χ3n) is 2.50. The predicted octanol–water partition coefficient (Wildman–Crippen LogP) is 3.71. The molecule has 0 bridgehead atoms. The summed E-state index contributed by atoms with van der Waals surface area (Å²) in [7, 11) is 0. The molecule has 2 rings (SSSR count). The summed E-state index contributed by atoms with van der Waals surface area (Å²) in [5.74, 6) is -1.08. The van der Waals surface area contributed by atoms with Crippen LogP contribution in [0.1, 0.15) is 5.56 Å². The van der Waals surface area contributed by atoms with Gasteiger partial charge in [0, 0.05) is 0 Å². The lowest BCUT2D eigenvalue weighted by Crippen LogP contribution is -2.15. The van der Waals surface area contributed by atoms with Crippen LogP contribution in [0.3, 0.4) is 0 Å². The normalized spacial score (nSPS) is 10.1. The molecule has 0 fully saturated rings. The summed E-state index contributed by atoms with van der Waals surface area (Å²) in [5.41, 5.74) is 0.884. The molecular formula is C15H12BrFO3. The number of ether oxygens (including phenoxy) is 2. The van der Waals surface area contributed by atoms with Crippen molar-refractivity contribution in [3.8, 4) is 5.75 Å². The van der Waals surface area contributed by atoms with E-state index in [2.05, 4.69) is 15.9 Å². The zero-order chi connectivity index (χ0) is 14.4. The molecular weight excluding hydrogens is 327 g/mol. The van der Waals surface area contributed by atoms with E-state index in [1.165, 1.54) is 6.07 Å². The van der Waals surface area contributed by atoms with Gasteiger partial charge in [-0.1, -0.05) is 36.4 Å². The molecule has 0 aliphatic carbocycles. The van der Waals surface area contributed by atoms with E-state index < -0.39 is 11.8 Å². The molecule has 5 heteroatoms. The van der Waals surface area contributed by atoms with Crippen LogP contribution in [0, 0.1) is 5.82 Å². The first-order chi connectivity index (χ1) is 9.66. The fraction of sp³-hybridized carbons (Fsp3) is 0.133. The second kappa shape index (κ2) is 7.05. The summed E-state index contributed by atoms with van der Waals surface area (Å²) in [4.78, 5) is 11.5. The summed E-state index contributed by atoms with van der Waals surface area (Å²) in [6.45, 7) is -0.162. The van der Waals surface area contributed by atoms with Gasteiger partial charge in [-0.25, -0.2) is 9.18 Å². The fourth-order valence-electron chi connectivity index (χ4n) is 1.51. The van der Waals surface area contributed by atoms with Gasteiger partial charge < -0.3 is 9.47 Å². The average Bonchev–Trinajstić information content (AvgIpc) is 2.48. The highest BCUT2D eigenvalue weighted by Gasteiger charge is 2.10. The molecule has 2 aromatic rings. The highest BCUT2D eigenvalue weighted by molar-refractivity contribution is 9.10. The van der Waals surface area contributed by atoms with E-state index in [0.29, 0.717) is 0 Å². The van der Waals surface area contributed by atoms with Crippen LogP contribution in [0.5, 0.6) is 5.75 Å². The van der Waals surface area contributed by atoms with Crippen LogP contribution in [0.2, 0.25) is 0 Å².